The minimum absolute atomic E-state index is 0.0364. The molecule has 0 saturated heterocycles. The van der Waals surface area contributed by atoms with E-state index in [1.165, 1.54) is 44.9 Å². The molecule has 0 aromatic heterocycles. The minimum Gasteiger partial charge on any atom is -0.462 e. The number of allylic oxidation sites excluding steroid dienone is 30. The number of unbranched alkanes of at least 4 members (excludes halogenated alkanes) is 21. The first-order chi connectivity index (χ1) is 53.7. The smallest absolute Gasteiger partial charge is 0.462 e. The molecule has 0 aliphatic rings. The molecule has 19 heteroatoms. The maximum absolute atomic E-state index is 13.1. The zero-order chi connectivity index (χ0) is 80.3. The van der Waals surface area contributed by atoms with E-state index in [0.29, 0.717) is 32.1 Å². The molecule has 0 aromatic rings. The molecule has 0 saturated carbocycles. The van der Waals surface area contributed by atoms with Gasteiger partial charge >= 0.3 is 39.5 Å². The Labute approximate surface area is 666 Å². The molecule has 17 nitrogen and oxygen atoms in total. The zero-order valence-corrected chi connectivity index (χ0v) is 70.1. The van der Waals surface area contributed by atoms with Gasteiger partial charge in [-0.15, -0.1) is 0 Å². The summed E-state index contributed by atoms with van der Waals surface area (Å²) in [5.74, 6) is -2.33. The van der Waals surface area contributed by atoms with E-state index in [1.54, 1.807) is 0 Å². The standard InChI is InChI=1S/C91H148O17P2/c1-5-9-13-17-21-25-29-33-37-40-42-45-49-53-57-61-65-69-73-77-90(95)107-86(81-101-88(93)75-71-67-63-59-55-51-47-36-32-28-24-20-16-12-8-4)83-105-109(97,98)103-79-85(92)80-104-110(99,100)106-84-87(82-102-89(94)76-72-68-64-60-56-52-48-44-39-35-31-27-23-19-15-11-7-3)108-91(96)78-74-70-66-62-58-54-50-46-43-41-38-34-30-26-22-18-14-10-6-2/h9-10,13-14,21-23,25-28,32-35,37-39,42-43,45-46,48,52-54,57-58,60,64,85-87,92H,5-8,11-12,15-20,24,29-31,36,40-41,44,47,49-51,55-56,59,61-63,65-84H2,1-4H3,(H,97,98)(H,99,100)/b13-9-,14-10-,25-21-,26-22-,27-23-,32-28-,37-33-,38-34-,39-35-,45-42-,46-43-,52-48-,57-53-,58-54-,64-60-/t85-,86+,87+/m0/s1. The van der Waals surface area contributed by atoms with Crippen molar-refractivity contribution in [1.29, 1.82) is 0 Å². The monoisotopic (exact) mass is 1580 g/mol. The van der Waals surface area contributed by atoms with Crippen LogP contribution in [-0.2, 0) is 65.4 Å². The van der Waals surface area contributed by atoms with Crippen molar-refractivity contribution in [2.24, 2.45) is 0 Å². The van der Waals surface area contributed by atoms with Gasteiger partial charge in [-0.05, 0) is 180 Å². The van der Waals surface area contributed by atoms with Gasteiger partial charge in [-0.2, -0.15) is 0 Å². The number of hydrogen-bond acceptors (Lipinski definition) is 15. The normalized spacial score (nSPS) is 14.7. The van der Waals surface area contributed by atoms with Crippen LogP contribution in [0.25, 0.3) is 0 Å². The minimum atomic E-state index is -5.01. The summed E-state index contributed by atoms with van der Waals surface area (Å²) < 4.78 is 68.7. The van der Waals surface area contributed by atoms with Gasteiger partial charge in [0, 0.05) is 25.7 Å². The van der Waals surface area contributed by atoms with Gasteiger partial charge < -0.3 is 33.8 Å². The SMILES string of the molecule is CC/C=C\C/C=C\C/C=C\C/C=C\C/C=C\CCCCCC(=O)O[C@H](COC(=O)CCC/C=C\C/C=C\C/C=C\C/C=C\CCCCC)COP(=O)(O)OC[C@@H](O)COP(=O)(O)OC[C@@H](COC(=O)CCCCCCCCC/C=C\CCCCCC)OC(=O)CCCCC/C=C\C/C=C\C/C=C\C/C=C\C/C=C\CC. The van der Waals surface area contributed by atoms with Crippen LogP contribution in [0, 0.1) is 0 Å². The fraction of sp³-hybridized carbons (Fsp3) is 0.626. The summed E-state index contributed by atoms with van der Waals surface area (Å²) in [6.07, 6.45) is 98.6. The molecule has 0 heterocycles. The summed E-state index contributed by atoms with van der Waals surface area (Å²) in [4.78, 5) is 73.2. The number of aliphatic hydroxyl groups excluding tert-OH is 1. The molecule has 624 valence electrons. The van der Waals surface area contributed by atoms with E-state index < -0.39 is 97.5 Å². The molecule has 0 aromatic carbocycles. The third-order valence-corrected chi connectivity index (χ3v) is 18.7. The molecule has 0 spiro atoms. The number of carbonyl (C=O) groups excluding carboxylic acids is 4. The van der Waals surface area contributed by atoms with Gasteiger partial charge in [0.05, 0.1) is 26.4 Å². The van der Waals surface area contributed by atoms with Crippen LogP contribution in [0.2, 0.25) is 0 Å². The molecule has 0 radical (unpaired) electrons. The van der Waals surface area contributed by atoms with E-state index in [0.717, 1.165) is 180 Å². The first-order valence-corrected chi connectivity index (χ1v) is 45.0. The number of esters is 4. The van der Waals surface area contributed by atoms with E-state index in [4.69, 9.17) is 37.0 Å². The van der Waals surface area contributed by atoms with E-state index in [2.05, 4.69) is 198 Å². The summed E-state index contributed by atoms with van der Waals surface area (Å²) in [5.41, 5.74) is 0. The Bertz CT molecular complexity index is 2800. The molecule has 0 bridgehead atoms. The second-order valence-corrected chi connectivity index (χ2v) is 30.2. The lowest BCUT2D eigenvalue weighted by Gasteiger charge is -2.21. The molecule has 5 atom stereocenters. The first kappa shape index (κ1) is 104. The fourth-order valence-corrected chi connectivity index (χ4v) is 12.1. The third kappa shape index (κ3) is 80.2. The quantitative estimate of drug-likeness (QED) is 0.0169. The second-order valence-electron chi connectivity index (χ2n) is 27.3. The van der Waals surface area contributed by atoms with Crippen LogP contribution in [0.4, 0.5) is 0 Å². The molecule has 110 heavy (non-hydrogen) atoms. The molecule has 3 N–H and O–H groups in total. The lowest BCUT2D eigenvalue weighted by molar-refractivity contribution is -0.161. The van der Waals surface area contributed by atoms with Crippen molar-refractivity contribution >= 4 is 39.5 Å². The lowest BCUT2D eigenvalue weighted by Crippen LogP contribution is -2.30. The summed E-state index contributed by atoms with van der Waals surface area (Å²) in [5, 5.41) is 10.7. The van der Waals surface area contributed by atoms with Gasteiger partial charge in [0.25, 0.3) is 0 Å². The summed E-state index contributed by atoms with van der Waals surface area (Å²) in [7, 11) is -10.0. The largest absolute Gasteiger partial charge is 0.472 e. The number of ether oxygens (including phenoxy) is 4. The Balaban J connectivity index is 5.52. The number of phosphoric acid groups is 2. The highest BCUT2D eigenvalue weighted by Crippen LogP contribution is 2.45. The Hall–Kier alpha value is -5.84. The van der Waals surface area contributed by atoms with Gasteiger partial charge in [0.15, 0.2) is 12.2 Å². The highest BCUT2D eigenvalue weighted by Gasteiger charge is 2.30. The highest BCUT2D eigenvalue weighted by molar-refractivity contribution is 7.47. The van der Waals surface area contributed by atoms with E-state index in [-0.39, 0.29) is 25.7 Å². The molecule has 0 aliphatic carbocycles. The van der Waals surface area contributed by atoms with Crippen molar-refractivity contribution in [3.8, 4) is 0 Å². The van der Waals surface area contributed by atoms with Crippen molar-refractivity contribution in [3.05, 3.63) is 182 Å². The molecule has 0 aliphatic heterocycles. The van der Waals surface area contributed by atoms with Crippen LogP contribution < -0.4 is 0 Å². The Kier molecular flexibility index (Phi) is 76.9. The van der Waals surface area contributed by atoms with Gasteiger partial charge in [0.1, 0.15) is 19.3 Å². The van der Waals surface area contributed by atoms with Crippen molar-refractivity contribution < 1.29 is 80.2 Å². The molecule has 0 amide bonds. The van der Waals surface area contributed by atoms with Gasteiger partial charge in [-0.25, -0.2) is 9.13 Å². The third-order valence-electron chi connectivity index (χ3n) is 16.8. The van der Waals surface area contributed by atoms with Crippen molar-refractivity contribution in [2.45, 2.75) is 329 Å². The Morgan fingerprint density at radius 1 is 0.264 bits per heavy atom. The van der Waals surface area contributed by atoms with E-state index in [9.17, 15) is 43.2 Å². The molecular weight excluding hydrogens is 1430 g/mol. The Morgan fingerprint density at radius 2 is 0.482 bits per heavy atom. The zero-order valence-electron chi connectivity index (χ0n) is 68.4. The summed E-state index contributed by atoms with van der Waals surface area (Å²) in [6.45, 7) is 4.46. The van der Waals surface area contributed by atoms with Crippen LogP contribution in [0.3, 0.4) is 0 Å². The highest BCUT2D eigenvalue weighted by atomic mass is 31.2. The van der Waals surface area contributed by atoms with E-state index in [1.807, 2.05) is 12.2 Å². The van der Waals surface area contributed by atoms with Crippen molar-refractivity contribution in [3.63, 3.8) is 0 Å². The second kappa shape index (κ2) is 81.2. The fourth-order valence-electron chi connectivity index (χ4n) is 10.5. The molecule has 2 unspecified atom stereocenters. The predicted molar refractivity (Wildman–Crippen MR) is 454 cm³/mol. The number of phosphoric ester groups is 2. The predicted octanol–water partition coefficient (Wildman–Crippen LogP) is 25.1. The van der Waals surface area contributed by atoms with Crippen LogP contribution >= 0.6 is 15.6 Å². The number of aliphatic hydroxyl groups is 1. The lowest BCUT2D eigenvalue weighted by atomic mass is 10.1. The van der Waals surface area contributed by atoms with Gasteiger partial charge in [-0.1, -0.05) is 287 Å². The van der Waals surface area contributed by atoms with Crippen LogP contribution in [0.5, 0.6) is 0 Å². The number of hydrogen-bond donors (Lipinski definition) is 3. The first-order valence-electron chi connectivity index (χ1n) is 42.0. The van der Waals surface area contributed by atoms with Gasteiger partial charge in [-0.3, -0.25) is 37.3 Å². The number of rotatable bonds is 77. The van der Waals surface area contributed by atoms with Crippen LogP contribution in [0.15, 0.2) is 182 Å². The average Bonchev–Trinajstić information content (AvgIpc) is 0.907. The topological polar surface area (TPSA) is 237 Å². The maximum atomic E-state index is 13.1. The molecular formula is C91H148O17P2. The van der Waals surface area contributed by atoms with Crippen molar-refractivity contribution in [2.75, 3.05) is 39.6 Å². The van der Waals surface area contributed by atoms with Crippen LogP contribution in [-0.4, -0.2) is 96.7 Å². The maximum Gasteiger partial charge on any atom is 0.472 e. The summed E-state index contributed by atoms with van der Waals surface area (Å²) in [6, 6.07) is 0. The molecule has 0 fully saturated rings. The van der Waals surface area contributed by atoms with Gasteiger partial charge in [0.2, 0.25) is 0 Å². The van der Waals surface area contributed by atoms with Crippen molar-refractivity contribution in [1.82, 2.24) is 0 Å². The Morgan fingerprint density at radius 3 is 0.800 bits per heavy atom. The number of carbonyl (C=O) groups is 4. The van der Waals surface area contributed by atoms with E-state index >= 15 is 0 Å². The molecule has 0 rings (SSSR count). The van der Waals surface area contributed by atoms with Crippen LogP contribution in [0.1, 0.15) is 310 Å². The summed E-state index contributed by atoms with van der Waals surface area (Å²) >= 11 is 0. The average molecular weight is 1580 g/mol.